The molecule has 5 nitrogen and oxygen atoms in total. The SMILES string of the molecule is Cc1ccc(N2CC(CS(N)(=O)=O)CC2=O)cc1. The second kappa shape index (κ2) is 4.70. The van der Waals surface area contributed by atoms with Crippen molar-refractivity contribution in [3.63, 3.8) is 0 Å². The zero-order valence-corrected chi connectivity index (χ0v) is 11.0. The van der Waals surface area contributed by atoms with Crippen molar-refractivity contribution in [2.24, 2.45) is 11.1 Å². The van der Waals surface area contributed by atoms with E-state index in [1.165, 1.54) is 0 Å². The molecule has 1 heterocycles. The molecular formula is C12H16N2O3S. The summed E-state index contributed by atoms with van der Waals surface area (Å²) in [5.41, 5.74) is 1.93. The molecule has 1 fully saturated rings. The molecule has 1 saturated heterocycles. The molecule has 0 spiro atoms. The second-order valence-corrected chi connectivity index (χ2v) is 6.40. The monoisotopic (exact) mass is 268 g/mol. The summed E-state index contributed by atoms with van der Waals surface area (Å²) in [6.07, 6.45) is 0.240. The van der Waals surface area contributed by atoms with Crippen molar-refractivity contribution < 1.29 is 13.2 Å². The fourth-order valence-electron chi connectivity index (χ4n) is 2.20. The Morgan fingerprint density at radius 2 is 1.94 bits per heavy atom. The van der Waals surface area contributed by atoms with E-state index in [2.05, 4.69) is 0 Å². The molecule has 0 aromatic heterocycles. The van der Waals surface area contributed by atoms with Gasteiger partial charge in [-0.2, -0.15) is 0 Å². The first kappa shape index (κ1) is 13.0. The molecule has 2 N–H and O–H groups in total. The van der Waals surface area contributed by atoms with Gasteiger partial charge >= 0.3 is 0 Å². The quantitative estimate of drug-likeness (QED) is 0.873. The van der Waals surface area contributed by atoms with E-state index in [9.17, 15) is 13.2 Å². The number of hydrogen-bond acceptors (Lipinski definition) is 3. The highest BCUT2D eigenvalue weighted by atomic mass is 32.2. The summed E-state index contributed by atoms with van der Waals surface area (Å²) in [7, 11) is -3.52. The average Bonchev–Trinajstić information content (AvgIpc) is 2.58. The number of carbonyl (C=O) groups is 1. The van der Waals surface area contributed by atoms with E-state index >= 15 is 0 Å². The number of aryl methyl sites for hydroxylation is 1. The van der Waals surface area contributed by atoms with Gasteiger partial charge in [0.1, 0.15) is 0 Å². The Morgan fingerprint density at radius 3 is 2.50 bits per heavy atom. The van der Waals surface area contributed by atoms with E-state index in [0.29, 0.717) is 6.54 Å². The lowest BCUT2D eigenvalue weighted by Gasteiger charge is -2.16. The maximum absolute atomic E-state index is 11.8. The van der Waals surface area contributed by atoms with Crippen LogP contribution in [0.15, 0.2) is 24.3 Å². The number of anilines is 1. The number of nitrogens with two attached hydrogens (primary N) is 1. The summed E-state index contributed by atoms with van der Waals surface area (Å²) in [5.74, 6) is -0.400. The Kier molecular flexibility index (Phi) is 3.41. The minimum Gasteiger partial charge on any atom is -0.312 e. The fourth-order valence-corrected chi connectivity index (χ4v) is 3.08. The van der Waals surface area contributed by atoms with E-state index in [1.807, 2.05) is 31.2 Å². The Labute approximate surface area is 107 Å². The summed E-state index contributed by atoms with van der Waals surface area (Å²) in [6.45, 7) is 2.39. The van der Waals surface area contributed by atoms with Gasteiger partial charge in [0.15, 0.2) is 0 Å². The van der Waals surface area contributed by atoms with Gasteiger partial charge in [-0.3, -0.25) is 4.79 Å². The Bertz CT molecular complexity index is 551. The molecule has 2 rings (SSSR count). The third-order valence-corrected chi connectivity index (χ3v) is 3.95. The number of amides is 1. The number of sulfonamides is 1. The zero-order chi connectivity index (χ0) is 13.3. The van der Waals surface area contributed by atoms with Gasteiger partial charge in [0, 0.05) is 24.6 Å². The summed E-state index contributed by atoms with van der Waals surface area (Å²) in [5, 5.41) is 5.01. The average molecular weight is 268 g/mol. The number of benzene rings is 1. The normalized spacial score (nSPS) is 20.4. The Balaban J connectivity index is 2.12. The molecule has 0 radical (unpaired) electrons. The van der Waals surface area contributed by atoms with Crippen LogP contribution in [0.2, 0.25) is 0 Å². The zero-order valence-electron chi connectivity index (χ0n) is 10.2. The molecule has 0 aliphatic carbocycles. The molecule has 1 atom stereocenters. The summed E-state index contributed by atoms with van der Waals surface area (Å²) >= 11 is 0. The standard InChI is InChI=1S/C12H16N2O3S/c1-9-2-4-11(5-3-9)14-7-10(6-12(14)15)8-18(13,16)17/h2-5,10H,6-8H2,1H3,(H2,13,16,17). The van der Waals surface area contributed by atoms with Crippen LogP contribution in [-0.4, -0.2) is 26.6 Å². The van der Waals surface area contributed by atoms with Gasteiger partial charge < -0.3 is 4.90 Å². The third kappa shape index (κ3) is 3.08. The van der Waals surface area contributed by atoms with Crippen molar-refractivity contribution in [1.82, 2.24) is 0 Å². The van der Waals surface area contributed by atoms with Crippen molar-refractivity contribution in [3.8, 4) is 0 Å². The first-order valence-electron chi connectivity index (χ1n) is 5.72. The largest absolute Gasteiger partial charge is 0.312 e. The van der Waals surface area contributed by atoms with Crippen molar-refractivity contribution in [2.75, 3.05) is 17.2 Å². The predicted octanol–water partition coefficient (Wildman–Crippen LogP) is 0.636. The number of primary sulfonamides is 1. The maximum atomic E-state index is 11.8. The van der Waals surface area contributed by atoms with Crippen LogP contribution in [0.25, 0.3) is 0 Å². The molecule has 1 aliphatic heterocycles. The molecule has 0 saturated carbocycles. The highest BCUT2D eigenvalue weighted by Crippen LogP contribution is 2.25. The maximum Gasteiger partial charge on any atom is 0.227 e. The lowest BCUT2D eigenvalue weighted by atomic mass is 10.1. The topological polar surface area (TPSA) is 80.5 Å². The molecule has 1 aromatic carbocycles. The third-order valence-electron chi connectivity index (χ3n) is 3.02. The van der Waals surface area contributed by atoms with Crippen molar-refractivity contribution in [3.05, 3.63) is 29.8 Å². The minimum absolute atomic E-state index is 0.0486. The molecule has 0 bridgehead atoms. The van der Waals surface area contributed by atoms with Gasteiger partial charge in [0.25, 0.3) is 0 Å². The van der Waals surface area contributed by atoms with Crippen LogP contribution >= 0.6 is 0 Å². The fraction of sp³-hybridized carbons (Fsp3) is 0.417. The summed E-state index contributed by atoms with van der Waals surface area (Å²) in [6, 6.07) is 7.59. The van der Waals surface area contributed by atoms with Crippen LogP contribution in [0.5, 0.6) is 0 Å². The van der Waals surface area contributed by atoms with Crippen molar-refractivity contribution >= 4 is 21.6 Å². The molecule has 18 heavy (non-hydrogen) atoms. The van der Waals surface area contributed by atoms with E-state index < -0.39 is 10.0 Å². The van der Waals surface area contributed by atoms with E-state index in [-0.39, 0.29) is 24.0 Å². The van der Waals surface area contributed by atoms with Gasteiger partial charge in [-0.05, 0) is 19.1 Å². The molecule has 1 aromatic rings. The number of hydrogen-bond donors (Lipinski definition) is 1. The number of rotatable bonds is 3. The van der Waals surface area contributed by atoms with Crippen LogP contribution in [0.3, 0.4) is 0 Å². The lowest BCUT2D eigenvalue weighted by Crippen LogP contribution is -2.27. The van der Waals surface area contributed by atoms with Gasteiger partial charge in [-0.15, -0.1) is 0 Å². The summed E-state index contributed by atoms with van der Waals surface area (Å²) in [4.78, 5) is 13.5. The van der Waals surface area contributed by atoms with E-state index in [0.717, 1.165) is 11.3 Å². The van der Waals surface area contributed by atoms with Crippen molar-refractivity contribution in [2.45, 2.75) is 13.3 Å². The van der Waals surface area contributed by atoms with Crippen LogP contribution < -0.4 is 10.0 Å². The van der Waals surface area contributed by atoms with Gasteiger partial charge in [-0.1, -0.05) is 17.7 Å². The highest BCUT2D eigenvalue weighted by molar-refractivity contribution is 7.89. The molecule has 98 valence electrons. The predicted molar refractivity (Wildman–Crippen MR) is 69.6 cm³/mol. The first-order chi connectivity index (χ1) is 8.35. The smallest absolute Gasteiger partial charge is 0.227 e. The van der Waals surface area contributed by atoms with Crippen LogP contribution in [0.4, 0.5) is 5.69 Å². The van der Waals surface area contributed by atoms with Crippen LogP contribution in [-0.2, 0) is 14.8 Å². The van der Waals surface area contributed by atoms with Crippen LogP contribution in [0.1, 0.15) is 12.0 Å². The molecule has 1 aliphatic rings. The number of carbonyl (C=O) groups excluding carboxylic acids is 1. The Morgan fingerprint density at radius 1 is 1.33 bits per heavy atom. The van der Waals surface area contributed by atoms with E-state index in [4.69, 9.17) is 5.14 Å². The van der Waals surface area contributed by atoms with Crippen LogP contribution in [0, 0.1) is 12.8 Å². The highest BCUT2D eigenvalue weighted by Gasteiger charge is 2.32. The van der Waals surface area contributed by atoms with Crippen molar-refractivity contribution in [1.29, 1.82) is 0 Å². The Hall–Kier alpha value is -1.40. The van der Waals surface area contributed by atoms with Gasteiger partial charge in [-0.25, -0.2) is 13.6 Å². The van der Waals surface area contributed by atoms with E-state index in [1.54, 1.807) is 4.90 Å². The second-order valence-electron chi connectivity index (χ2n) is 4.74. The first-order valence-corrected chi connectivity index (χ1v) is 7.44. The summed E-state index contributed by atoms with van der Waals surface area (Å²) < 4.78 is 22.1. The van der Waals surface area contributed by atoms with Gasteiger partial charge in [0.2, 0.25) is 15.9 Å². The molecule has 1 unspecified atom stereocenters. The molecule has 6 heteroatoms. The van der Waals surface area contributed by atoms with Gasteiger partial charge in [0.05, 0.1) is 5.75 Å². The molecule has 1 amide bonds. The number of nitrogens with zero attached hydrogens (tertiary/aromatic N) is 1. The minimum atomic E-state index is -3.52. The molecular weight excluding hydrogens is 252 g/mol. The lowest BCUT2D eigenvalue weighted by molar-refractivity contribution is -0.117.